The summed E-state index contributed by atoms with van der Waals surface area (Å²) in [5, 5.41) is 9.61. The van der Waals surface area contributed by atoms with Crippen molar-refractivity contribution >= 4 is 85.2 Å². The molecule has 0 fully saturated rings. The van der Waals surface area contributed by atoms with E-state index in [9.17, 15) is 0 Å². The predicted octanol–water partition coefficient (Wildman–Crippen LogP) is 9.86. The molecule has 0 aliphatic rings. The van der Waals surface area contributed by atoms with Crippen LogP contribution in [0.3, 0.4) is 0 Å². The molecular formula is C49H34N2OP2. The number of rotatable bonds is 7. The summed E-state index contributed by atoms with van der Waals surface area (Å²) in [6.45, 7) is 0. The number of hydrogen-bond acceptors (Lipinski definition) is 2. The molecule has 0 radical (unpaired) electrons. The Morgan fingerprint density at radius 2 is 0.963 bits per heavy atom. The van der Waals surface area contributed by atoms with Gasteiger partial charge in [-0.25, -0.2) is 4.98 Å². The second-order valence-electron chi connectivity index (χ2n) is 13.6. The lowest BCUT2D eigenvalue weighted by molar-refractivity contribution is 0.592. The molecule has 0 amide bonds. The standard InChI is InChI=1S/C49H34N2OP2/c52-54(40-22-12-4-13-23-40,41-24-14-5-15-25-41)42-28-30-44-43-29-27-39(53(37-18-8-2-9-19-37)38-20-10-3-11-21-38)33-45(43)49-50-46-31-26-36(35-16-6-1-7-17-35)32-48(46)51(49)47(44)34-42/h1-34H. The number of imidazole rings is 1. The van der Waals surface area contributed by atoms with E-state index in [0.717, 1.165) is 65.4 Å². The van der Waals surface area contributed by atoms with Gasteiger partial charge in [-0.05, 0) is 64.6 Å². The fourth-order valence-electron chi connectivity index (χ4n) is 7.85. The molecule has 10 aromatic rings. The number of pyridine rings is 1. The van der Waals surface area contributed by atoms with E-state index >= 15 is 4.57 Å². The Balaban J connectivity index is 1.29. The van der Waals surface area contributed by atoms with Crippen molar-refractivity contribution in [2.45, 2.75) is 0 Å². The third-order valence-corrected chi connectivity index (χ3v) is 15.9. The summed E-state index contributed by atoms with van der Waals surface area (Å²) in [6.07, 6.45) is 0. The first-order valence-electron chi connectivity index (χ1n) is 18.2. The van der Waals surface area contributed by atoms with Crippen molar-refractivity contribution < 1.29 is 4.57 Å². The van der Waals surface area contributed by atoms with Crippen molar-refractivity contribution in [2.24, 2.45) is 0 Å². The highest BCUT2D eigenvalue weighted by atomic mass is 31.2. The average Bonchev–Trinajstić information content (AvgIpc) is 3.65. The second kappa shape index (κ2) is 13.4. The van der Waals surface area contributed by atoms with E-state index in [1.807, 2.05) is 66.7 Å². The first-order chi connectivity index (χ1) is 26.7. The van der Waals surface area contributed by atoms with Gasteiger partial charge in [0.25, 0.3) is 0 Å². The van der Waals surface area contributed by atoms with Crippen molar-refractivity contribution in [3.63, 3.8) is 0 Å². The molecule has 0 bridgehead atoms. The molecule has 0 saturated heterocycles. The molecule has 0 spiro atoms. The van der Waals surface area contributed by atoms with Crippen LogP contribution in [-0.4, -0.2) is 9.38 Å². The van der Waals surface area contributed by atoms with Crippen LogP contribution in [-0.2, 0) is 4.57 Å². The highest BCUT2D eigenvalue weighted by Gasteiger charge is 2.30. The smallest absolute Gasteiger partial charge is 0.171 e. The minimum atomic E-state index is -3.24. The Morgan fingerprint density at radius 1 is 0.407 bits per heavy atom. The fraction of sp³-hybridized carbons (Fsp3) is 0. The predicted molar refractivity (Wildman–Crippen MR) is 231 cm³/mol. The average molecular weight is 729 g/mol. The van der Waals surface area contributed by atoms with Crippen molar-refractivity contribution in [3.05, 3.63) is 206 Å². The van der Waals surface area contributed by atoms with Crippen LogP contribution in [0.4, 0.5) is 0 Å². The molecule has 3 nitrogen and oxygen atoms in total. The van der Waals surface area contributed by atoms with Gasteiger partial charge in [-0.3, -0.25) is 4.40 Å². The van der Waals surface area contributed by atoms with Crippen molar-refractivity contribution in [1.29, 1.82) is 0 Å². The summed E-state index contributed by atoms with van der Waals surface area (Å²) in [4.78, 5) is 5.38. The highest BCUT2D eigenvalue weighted by molar-refractivity contribution is 7.85. The van der Waals surface area contributed by atoms with Gasteiger partial charge < -0.3 is 4.57 Å². The summed E-state index contributed by atoms with van der Waals surface area (Å²) < 4.78 is 18.0. The maximum absolute atomic E-state index is 15.7. The van der Waals surface area contributed by atoms with Crippen molar-refractivity contribution in [3.8, 4) is 11.1 Å². The highest BCUT2D eigenvalue weighted by Crippen LogP contribution is 2.44. The van der Waals surface area contributed by atoms with Gasteiger partial charge in [0.1, 0.15) is 5.65 Å². The van der Waals surface area contributed by atoms with Gasteiger partial charge in [0, 0.05) is 26.7 Å². The second-order valence-corrected chi connectivity index (χ2v) is 18.5. The van der Waals surface area contributed by atoms with Crippen LogP contribution in [0.25, 0.3) is 49.5 Å². The summed E-state index contributed by atoms with van der Waals surface area (Å²) in [5.74, 6) is 0. The molecule has 0 aliphatic heterocycles. The van der Waals surface area contributed by atoms with E-state index in [2.05, 4.69) is 144 Å². The molecule has 0 atom stereocenters. The van der Waals surface area contributed by atoms with Crippen LogP contribution in [0.15, 0.2) is 206 Å². The van der Waals surface area contributed by atoms with Crippen LogP contribution >= 0.6 is 15.1 Å². The lowest BCUT2D eigenvalue weighted by Gasteiger charge is -2.22. The van der Waals surface area contributed by atoms with E-state index in [1.54, 1.807) is 0 Å². The first-order valence-corrected chi connectivity index (χ1v) is 21.2. The van der Waals surface area contributed by atoms with E-state index < -0.39 is 15.1 Å². The Bertz CT molecular complexity index is 2920. The Labute approximate surface area is 315 Å². The summed E-state index contributed by atoms with van der Waals surface area (Å²) in [7, 11) is -4.06. The molecule has 0 saturated carbocycles. The molecule has 0 aliphatic carbocycles. The molecule has 0 unspecified atom stereocenters. The van der Waals surface area contributed by atoms with Crippen LogP contribution in [0.5, 0.6) is 0 Å². The molecule has 2 aromatic heterocycles. The van der Waals surface area contributed by atoms with Crippen LogP contribution in [0, 0.1) is 0 Å². The van der Waals surface area contributed by atoms with E-state index in [4.69, 9.17) is 4.98 Å². The molecule has 10 rings (SSSR count). The fourth-order valence-corrected chi connectivity index (χ4v) is 12.8. The minimum absolute atomic E-state index is 0.794. The Kier molecular flexibility index (Phi) is 8.06. The lowest BCUT2D eigenvalue weighted by Crippen LogP contribution is -2.25. The molecule has 256 valence electrons. The Morgan fingerprint density at radius 3 is 1.57 bits per heavy atom. The third-order valence-electron chi connectivity index (χ3n) is 10.4. The molecule has 0 N–H and O–H groups in total. The number of hydrogen-bond donors (Lipinski definition) is 0. The number of aromatic nitrogens is 2. The Hall–Kier alpha value is -6.11. The topological polar surface area (TPSA) is 34.4 Å². The van der Waals surface area contributed by atoms with Gasteiger partial charge >= 0.3 is 0 Å². The molecular weight excluding hydrogens is 694 g/mol. The number of fused-ring (bicyclic) bond motifs is 8. The quantitative estimate of drug-likeness (QED) is 0.121. The summed E-state index contributed by atoms with van der Waals surface area (Å²) >= 11 is 0. The van der Waals surface area contributed by atoms with Crippen LogP contribution in [0.1, 0.15) is 0 Å². The van der Waals surface area contributed by atoms with Gasteiger partial charge in [0.05, 0.1) is 16.6 Å². The maximum Gasteiger partial charge on any atom is 0.171 e. The normalized spacial score (nSPS) is 11.9. The molecule has 5 heteroatoms. The van der Waals surface area contributed by atoms with Crippen LogP contribution in [0.2, 0.25) is 0 Å². The van der Waals surface area contributed by atoms with Gasteiger partial charge in [0.15, 0.2) is 7.14 Å². The molecule has 2 heterocycles. The van der Waals surface area contributed by atoms with Crippen LogP contribution < -0.4 is 31.8 Å². The maximum atomic E-state index is 15.7. The molecule has 54 heavy (non-hydrogen) atoms. The summed E-state index contributed by atoms with van der Waals surface area (Å²) in [5.41, 5.74) is 6.08. The van der Waals surface area contributed by atoms with Gasteiger partial charge in [-0.2, -0.15) is 0 Å². The van der Waals surface area contributed by atoms with Gasteiger partial charge in [0.2, 0.25) is 0 Å². The first kappa shape index (κ1) is 32.5. The van der Waals surface area contributed by atoms with Gasteiger partial charge in [-0.1, -0.05) is 182 Å². The number of benzene rings is 8. The van der Waals surface area contributed by atoms with E-state index in [-0.39, 0.29) is 0 Å². The largest absolute Gasteiger partial charge is 0.309 e. The van der Waals surface area contributed by atoms with Crippen molar-refractivity contribution in [1.82, 2.24) is 9.38 Å². The summed E-state index contributed by atoms with van der Waals surface area (Å²) in [6, 6.07) is 71.9. The zero-order valence-corrected chi connectivity index (χ0v) is 31.1. The monoisotopic (exact) mass is 728 g/mol. The number of nitrogens with zero attached hydrogens (tertiary/aromatic N) is 2. The van der Waals surface area contributed by atoms with E-state index in [1.165, 1.54) is 15.9 Å². The minimum Gasteiger partial charge on any atom is -0.309 e. The van der Waals surface area contributed by atoms with Gasteiger partial charge in [-0.15, -0.1) is 0 Å². The third kappa shape index (κ3) is 5.40. The SMILES string of the molecule is O=P(c1ccccc1)(c1ccccc1)c1ccc2c3ccc(P(c4ccccc4)c4ccccc4)cc3c3nc4ccc(-c5ccccc5)cc4n3c2c1. The zero-order valence-electron chi connectivity index (χ0n) is 29.3. The zero-order chi connectivity index (χ0) is 36.1. The van der Waals surface area contributed by atoms with Crippen molar-refractivity contribution in [2.75, 3.05) is 0 Å². The van der Waals surface area contributed by atoms with E-state index in [0.29, 0.717) is 0 Å². The molecule has 8 aromatic carbocycles. The lowest BCUT2D eigenvalue weighted by atomic mass is 10.0.